The molecule has 1 rings (SSSR count). The van der Waals surface area contributed by atoms with Gasteiger partial charge in [0.2, 0.25) is 0 Å². The number of carbonyl (C=O) groups excluding carboxylic acids is 1. The number of esters is 1. The summed E-state index contributed by atoms with van der Waals surface area (Å²) in [6.45, 7) is 6.10. The van der Waals surface area contributed by atoms with Gasteiger partial charge in [-0.3, -0.25) is 4.79 Å². The summed E-state index contributed by atoms with van der Waals surface area (Å²) in [7, 11) is 3.23. The summed E-state index contributed by atoms with van der Waals surface area (Å²) in [5, 5.41) is 3.09. The van der Waals surface area contributed by atoms with Gasteiger partial charge in [-0.15, -0.1) is 0 Å². The van der Waals surface area contributed by atoms with Gasteiger partial charge >= 0.3 is 5.97 Å². The first kappa shape index (κ1) is 13.5. The molecule has 1 aliphatic carbocycles. The van der Waals surface area contributed by atoms with Gasteiger partial charge in [-0.05, 0) is 40.7 Å². The maximum atomic E-state index is 11.7. The van der Waals surface area contributed by atoms with Crippen LogP contribution in [0.4, 0.5) is 0 Å². The zero-order chi connectivity index (χ0) is 12.4. The molecule has 0 heterocycles. The van der Waals surface area contributed by atoms with Crippen LogP contribution in [0, 0.1) is 0 Å². The molecule has 0 spiro atoms. The average Bonchev–Trinajstić information content (AvgIpc) is 2.59. The average molecular weight is 229 g/mol. The summed E-state index contributed by atoms with van der Waals surface area (Å²) in [6, 6.07) is 0. The highest BCUT2D eigenvalue weighted by molar-refractivity contribution is 5.81. The van der Waals surface area contributed by atoms with Crippen molar-refractivity contribution in [1.82, 2.24) is 5.32 Å². The van der Waals surface area contributed by atoms with Crippen LogP contribution >= 0.6 is 0 Å². The Morgan fingerprint density at radius 3 is 2.50 bits per heavy atom. The van der Waals surface area contributed by atoms with E-state index in [9.17, 15) is 4.79 Å². The molecule has 0 amide bonds. The number of likely N-dealkylation sites (N-methyl/N-ethyl adjacent to an activating group) is 1. The summed E-state index contributed by atoms with van der Waals surface area (Å²) >= 11 is 0. The summed E-state index contributed by atoms with van der Waals surface area (Å²) in [4.78, 5) is 11.7. The molecule has 0 radical (unpaired) electrons. The van der Waals surface area contributed by atoms with Gasteiger partial charge in [0.05, 0.1) is 18.8 Å². The van der Waals surface area contributed by atoms with Gasteiger partial charge in [-0.25, -0.2) is 0 Å². The summed E-state index contributed by atoms with van der Waals surface area (Å²) < 4.78 is 10.8. The van der Waals surface area contributed by atoms with E-state index in [0.29, 0.717) is 6.42 Å². The van der Waals surface area contributed by atoms with E-state index in [1.165, 1.54) is 7.11 Å². The minimum Gasteiger partial charge on any atom is -0.468 e. The molecule has 1 aliphatic rings. The van der Waals surface area contributed by atoms with Crippen LogP contribution in [0.15, 0.2) is 0 Å². The third-order valence-corrected chi connectivity index (χ3v) is 3.04. The monoisotopic (exact) mass is 229 g/mol. The molecular weight excluding hydrogens is 206 g/mol. The zero-order valence-corrected chi connectivity index (χ0v) is 10.9. The highest BCUT2D eigenvalue weighted by Gasteiger charge is 2.46. The fourth-order valence-electron chi connectivity index (χ4n) is 2.31. The quantitative estimate of drug-likeness (QED) is 0.745. The number of rotatable bonds is 3. The van der Waals surface area contributed by atoms with Crippen LogP contribution in [-0.2, 0) is 14.3 Å². The summed E-state index contributed by atoms with van der Waals surface area (Å²) in [5.74, 6) is -0.185. The SMILES string of the molecule is CNC1(C(=O)OC)CCC(OC(C)(C)C)C1. The summed E-state index contributed by atoms with van der Waals surface area (Å²) in [6.07, 6.45) is 2.49. The van der Waals surface area contributed by atoms with E-state index in [1.807, 2.05) is 20.8 Å². The largest absolute Gasteiger partial charge is 0.468 e. The number of ether oxygens (including phenoxy) is 2. The van der Waals surface area contributed by atoms with Gasteiger partial charge < -0.3 is 14.8 Å². The second kappa shape index (κ2) is 4.72. The van der Waals surface area contributed by atoms with Gasteiger partial charge in [-0.1, -0.05) is 0 Å². The Morgan fingerprint density at radius 2 is 2.06 bits per heavy atom. The highest BCUT2D eigenvalue weighted by atomic mass is 16.5. The molecule has 2 atom stereocenters. The predicted octanol–water partition coefficient (Wildman–Crippen LogP) is 1.49. The first-order valence-corrected chi connectivity index (χ1v) is 5.78. The maximum absolute atomic E-state index is 11.7. The number of hydrogen-bond acceptors (Lipinski definition) is 4. The van der Waals surface area contributed by atoms with Crippen molar-refractivity contribution in [3.63, 3.8) is 0 Å². The van der Waals surface area contributed by atoms with Crippen LogP contribution in [0.3, 0.4) is 0 Å². The Balaban J connectivity index is 2.65. The molecule has 1 saturated carbocycles. The molecule has 16 heavy (non-hydrogen) atoms. The number of nitrogens with one attached hydrogen (secondary N) is 1. The maximum Gasteiger partial charge on any atom is 0.326 e. The van der Waals surface area contributed by atoms with E-state index in [1.54, 1.807) is 7.05 Å². The summed E-state index contributed by atoms with van der Waals surface area (Å²) in [5.41, 5.74) is -0.713. The lowest BCUT2D eigenvalue weighted by Gasteiger charge is -2.28. The third-order valence-electron chi connectivity index (χ3n) is 3.04. The van der Waals surface area contributed by atoms with E-state index >= 15 is 0 Å². The Morgan fingerprint density at radius 1 is 1.44 bits per heavy atom. The topological polar surface area (TPSA) is 47.6 Å². The fourth-order valence-corrected chi connectivity index (χ4v) is 2.31. The van der Waals surface area contributed by atoms with Crippen LogP contribution in [0.1, 0.15) is 40.0 Å². The lowest BCUT2D eigenvalue weighted by atomic mass is 9.98. The molecule has 2 unspecified atom stereocenters. The molecule has 0 bridgehead atoms. The van der Waals surface area contributed by atoms with Gasteiger partial charge in [0, 0.05) is 6.42 Å². The number of methoxy groups -OCH3 is 1. The normalized spacial score (nSPS) is 30.4. The Kier molecular flexibility index (Phi) is 3.97. The van der Waals surface area contributed by atoms with Crippen LogP contribution in [0.5, 0.6) is 0 Å². The van der Waals surface area contributed by atoms with Crippen LogP contribution in [0.2, 0.25) is 0 Å². The van der Waals surface area contributed by atoms with E-state index in [0.717, 1.165) is 12.8 Å². The molecule has 1 fully saturated rings. The standard InChI is InChI=1S/C12H23NO3/c1-11(2,3)16-9-6-7-12(8-9,13-4)10(14)15-5/h9,13H,6-8H2,1-5H3. The predicted molar refractivity (Wildman–Crippen MR) is 62.3 cm³/mol. The van der Waals surface area contributed by atoms with Gasteiger partial charge in [0.15, 0.2) is 0 Å². The molecule has 0 saturated heterocycles. The smallest absolute Gasteiger partial charge is 0.326 e. The lowest BCUT2D eigenvalue weighted by molar-refractivity contribution is -0.149. The van der Waals surface area contributed by atoms with Crippen molar-refractivity contribution in [3.8, 4) is 0 Å². The van der Waals surface area contributed by atoms with E-state index in [4.69, 9.17) is 9.47 Å². The van der Waals surface area contributed by atoms with Crippen molar-refractivity contribution < 1.29 is 14.3 Å². The first-order valence-electron chi connectivity index (χ1n) is 5.78. The van der Waals surface area contributed by atoms with Crippen LogP contribution in [0.25, 0.3) is 0 Å². The van der Waals surface area contributed by atoms with E-state index in [-0.39, 0.29) is 17.7 Å². The molecule has 1 N–H and O–H groups in total. The molecular formula is C12H23NO3. The van der Waals surface area contributed by atoms with Crippen molar-refractivity contribution in [3.05, 3.63) is 0 Å². The van der Waals surface area contributed by atoms with Crippen molar-refractivity contribution >= 4 is 5.97 Å². The lowest BCUT2D eigenvalue weighted by Crippen LogP contribution is -2.49. The van der Waals surface area contributed by atoms with Gasteiger partial charge in [-0.2, -0.15) is 0 Å². The number of hydrogen-bond donors (Lipinski definition) is 1. The van der Waals surface area contributed by atoms with Crippen molar-refractivity contribution in [2.45, 2.75) is 57.3 Å². The first-order chi connectivity index (χ1) is 7.33. The molecule has 0 aliphatic heterocycles. The molecule has 0 aromatic heterocycles. The van der Waals surface area contributed by atoms with Crippen molar-refractivity contribution in [2.24, 2.45) is 0 Å². The Labute approximate surface area is 97.7 Å². The van der Waals surface area contributed by atoms with Crippen LogP contribution < -0.4 is 5.32 Å². The van der Waals surface area contributed by atoms with Gasteiger partial charge in [0.25, 0.3) is 0 Å². The van der Waals surface area contributed by atoms with E-state index in [2.05, 4.69) is 5.32 Å². The number of carbonyl (C=O) groups is 1. The fraction of sp³-hybridized carbons (Fsp3) is 0.917. The second-order valence-electron chi connectivity index (χ2n) is 5.42. The Hall–Kier alpha value is -0.610. The van der Waals surface area contributed by atoms with Crippen molar-refractivity contribution in [2.75, 3.05) is 14.2 Å². The minimum atomic E-state index is -0.551. The second-order valence-corrected chi connectivity index (χ2v) is 5.42. The molecule has 0 aromatic rings. The van der Waals surface area contributed by atoms with Gasteiger partial charge in [0.1, 0.15) is 5.54 Å². The van der Waals surface area contributed by atoms with Crippen LogP contribution in [-0.4, -0.2) is 37.4 Å². The highest BCUT2D eigenvalue weighted by Crippen LogP contribution is 2.34. The molecule has 94 valence electrons. The zero-order valence-electron chi connectivity index (χ0n) is 10.9. The van der Waals surface area contributed by atoms with Crippen molar-refractivity contribution in [1.29, 1.82) is 0 Å². The molecule has 4 heteroatoms. The minimum absolute atomic E-state index is 0.131. The molecule has 0 aromatic carbocycles. The molecule has 4 nitrogen and oxygen atoms in total. The third kappa shape index (κ3) is 2.95. The van der Waals surface area contributed by atoms with E-state index < -0.39 is 5.54 Å². The Bertz CT molecular complexity index is 259.